The summed E-state index contributed by atoms with van der Waals surface area (Å²) in [6.45, 7) is 3.53. The van der Waals surface area contributed by atoms with Gasteiger partial charge in [0.2, 0.25) is 0 Å². The Balaban J connectivity index is 1.75. The van der Waals surface area contributed by atoms with Gasteiger partial charge < -0.3 is 10.1 Å². The predicted molar refractivity (Wildman–Crippen MR) is 135 cm³/mol. The second-order valence-corrected chi connectivity index (χ2v) is 8.92. The van der Waals surface area contributed by atoms with Gasteiger partial charge in [-0.1, -0.05) is 36.7 Å². The van der Waals surface area contributed by atoms with Gasteiger partial charge in [0.25, 0.3) is 0 Å². The number of halogens is 4. The molecule has 0 fully saturated rings. The fourth-order valence-corrected chi connectivity index (χ4v) is 4.14. The van der Waals surface area contributed by atoms with Crippen LogP contribution in [-0.2, 0) is 0 Å². The van der Waals surface area contributed by atoms with Gasteiger partial charge >= 0.3 is 6.18 Å². The first-order chi connectivity index (χ1) is 17.1. The third-order valence-electron chi connectivity index (χ3n) is 5.64. The lowest BCUT2D eigenvalue weighted by Gasteiger charge is -2.14. The summed E-state index contributed by atoms with van der Waals surface area (Å²) in [5.41, 5.74) is 3.89. The minimum Gasteiger partial charge on any atom is -0.456 e. The number of fused-ring (bicyclic) bond motifs is 1. The van der Waals surface area contributed by atoms with Crippen molar-refractivity contribution in [2.24, 2.45) is 0 Å². The fraction of sp³-hybridized carbons (Fsp3) is 0.259. The molecule has 0 aliphatic heterocycles. The first-order valence-corrected chi connectivity index (χ1v) is 11.9. The number of nitrogens with zero attached hydrogens (tertiary/aromatic N) is 2. The van der Waals surface area contributed by atoms with E-state index in [9.17, 15) is 18.0 Å². The van der Waals surface area contributed by atoms with Crippen molar-refractivity contribution in [1.29, 1.82) is 0 Å². The smallest absolute Gasteiger partial charge is 0.390 e. The summed E-state index contributed by atoms with van der Waals surface area (Å²) >= 11 is 6.07. The van der Waals surface area contributed by atoms with Gasteiger partial charge in [0.15, 0.2) is 11.4 Å². The molecule has 2 aromatic carbocycles. The molecule has 0 spiro atoms. The van der Waals surface area contributed by atoms with Crippen molar-refractivity contribution in [1.82, 2.24) is 9.38 Å². The number of nitrogens with one attached hydrogen (secondary N) is 1. The van der Waals surface area contributed by atoms with E-state index in [1.54, 1.807) is 53.2 Å². The third-order valence-corrected chi connectivity index (χ3v) is 5.87. The standard InChI is InChI=1S/C27H25ClF3N3O2/c1-3-5-25(35)22-9-8-18(12-17(22)2)24-15-33-26-23(32-11-10-27(29,30)31)14-21(16-34(24)26)36-20-7-4-6-19(28)13-20/h4,6-9,12-16,32H,3,5,10-11H2,1-2H3. The lowest BCUT2D eigenvalue weighted by atomic mass is 9.98. The summed E-state index contributed by atoms with van der Waals surface area (Å²) in [6, 6.07) is 14.0. The molecule has 1 N–H and O–H groups in total. The van der Waals surface area contributed by atoms with Gasteiger partial charge in [-0.05, 0) is 43.2 Å². The van der Waals surface area contributed by atoms with Crippen LogP contribution in [0.1, 0.15) is 42.1 Å². The number of pyridine rings is 1. The number of aryl methyl sites for hydroxylation is 1. The number of ether oxygens (including phenoxy) is 1. The van der Waals surface area contributed by atoms with Crippen molar-refractivity contribution in [3.63, 3.8) is 0 Å². The number of carbonyl (C=O) groups excluding carboxylic acids is 1. The molecule has 0 aliphatic carbocycles. The number of carbonyl (C=O) groups is 1. The number of alkyl halides is 3. The quantitative estimate of drug-likeness (QED) is 0.229. The summed E-state index contributed by atoms with van der Waals surface area (Å²) < 4.78 is 46.0. The minimum atomic E-state index is -4.28. The molecular formula is C27H25ClF3N3O2. The van der Waals surface area contributed by atoms with Gasteiger partial charge in [-0.15, -0.1) is 0 Å². The summed E-state index contributed by atoms with van der Waals surface area (Å²) in [4.78, 5) is 16.9. The minimum absolute atomic E-state index is 0.0908. The molecule has 0 aliphatic rings. The number of hydrogen-bond donors (Lipinski definition) is 1. The second-order valence-electron chi connectivity index (χ2n) is 8.48. The summed E-state index contributed by atoms with van der Waals surface area (Å²) in [5.74, 6) is 0.970. The van der Waals surface area contributed by atoms with Crippen molar-refractivity contribution >= 4 is 28.7 Å². The van der Waals surface area contributed by atoms with Crippen LogP contribution in [0.2, 0.25) is 5.02 Å². The van der Waals surface area contributed by atoms with E-state index in [0.29, 0.717) is 45.5 Å². The van der Waals surface area contributed by atoms with Crippen molar-refractivity contribution in [3.8, 4) is 22.8 Å². The molecule has 0 amide bonds. The Morgan fingerprint density at radius 3 is 2.64 bits per heavy atom. The first-order valence-electron chi connectivity index (χ1n) is 11.5. The van der Waals surface area contributed by atoms with Crippen LogP contribution in [0.5, 0.6) is 11.5 Å². The van der Waals surface area contributed by atoms with Crippen LogP contribution >= 0.6 is 11.6 Å². The average molecular weight is 516 g/mol. The van der Waals surface area contributed by atoms with E-state index in [1.165, 1.54) is 0 Å². The molecule has 2 heterocycles. The molecule has 5 nitrogen and oxygen atoms in total. The highest BCUT2D eigenvalue weighted by Crippen LogP contribution is 2.33. The largest absolute Gasteiger partial charge is 0.456 e. The molecule has 0 atom stereocenters. The number of Topliss-reactive ketones (excluding diaryl/α,β-unsaturated/α-hetero) is 1. The van der Waals surface area contributed by atoms with Gasteiger partial charge in [0, 0.05) is 35.2 Å². The molecule has 4 rings (SSSR count). The van der Waals surface area contributed by atoms with Crippen LogP contribution in [0, 0.1) is 6.92 Å². The highest BCUT2D eigenvalue weighted by atomic mass is 35.5. The van der Waals surface area contributed by atoms with E-state index in [1.807, 2.05) is 26.0 Å². The Bertz CT molecular complexity index is 1400. The Labute approximate surface area is 211 Å². The monoisotopic (exact) mass is 515 g/mol. The van der Waals surface area contributed by atoms with Crippen LogP contribution in [0.3, 0.4) is 0 Å². The lowest BCUT2D eigenvalue weighted by Crippen LogP contribution is -2.15. The highest BCUT2D eigenvalue weighted by Gasteiger charge is 2.26. The number of hydrogen-bond acceptors (Lipinski definition) is 4. The van der Waals surface area contributed by atoms with Gasteiger partial charge in [0.1, 0.15) is 11.5 Å². The molecule has 9 heteroatoms. The lowest BCUT2D eigenvalue weighted by molar-refractivity contribution is -0.131. The maximum atomic E-state index is 12.8. The maximum absolute atomic E-state index is 12.8. The van der Waals surface area contributed by atoms with E-state index < -0.39 is 12.6 Å². The van der Waals surface area contributed by atoms with Crippen LogP contribution in [0.15, 0.2) is 60.9 Å². The number of anilines is 1. The summed E-state index contributed by atoms with van der Waals surface area (Å²) in [7, 11) is 0. The second kappa shape index (κ2) is 10.6. The number of benzene rings is 2. The van der Waals surface area contributed by atoms with Crippen molar-refractivity contribution in [3.05, 3.63) is 77.1 Å². The normalized spacial score (nSPS) is 11.6. The Morgan fingerprint density at radius 2 is 1.94 bits per heavy atom. The van der Waals surface area contributed by atoms with Gasteiger partial charge in [-0.2, -0.15) is 13.2 Å². The maximum Gasteiger partial charge on any atom is 0.390 e. The number of imidazole rings is 1. The molecule has 0 unspecified atom stereocenters. The van der Waals surface area contributed by atoms with Gasteiger partial charge in [0.05, 0.1) is 30.2 Å². The van der Waals surface area contributed by atoms with Crippen molar-refractivity contribution in [2.75, 3.05) is 11.9 Å². The highest BCUT2D eigenvalue weighted by molar-refractivity contribution is 6.30. The summed E-state index contributed by atoms with van der Waals surface area (Å²) in [6.07, 6.45) is -0.652. The molecule has 0 bridgehead atoms. The molecular weight excluding hydrogens is 491 g/mol. The Kier molecular flexibility index (Phi) is 7.54. The van der Waals surface area contributed by atoms with Crippen molar-refractivity contribution in [2.45, 2.75) is 39.3 Å². The Morgan fingerprint density at radius 1 is 1.14 bits per heavy atom. The zero-order valence-electron chi connectivity index (χ0n) is 19.8. The van der Waals surface area contributed by atoms with E-state index in [-0.39, 0.29) is 12.3 Å². The number of rotatable bonds is 9. The van der Waals surface area contributed by atoms with E-state index in [0.717, 1.165) is 17.5 Å². The number of ketones is 1. The van der Waals surface area contributed by atoms with Crippen LogP contribution in [-0.4, -0.2) is 27.9 Å². The van der Waals surface area contributed by atoms with Crippen molar-refractivity contribution < 1.29 is 22.7 Å². The topological polar surface area (TPSA) is 55.6 Å². The van der Waals surface area contributed by atoms with Gasteiger partial charge in [-0.25, -0.2) is 4.98 Å². The zero-order chi connectivity index (χ0) is 25.9. The summed E-state index contributed by atoms with van der Waals surface area (Å²) in [5, 5.41) is 3.34. The SMILES string of the molecule is CCCC(=O)c1ccc(-c2cnc3c(NCCC(F)(F)F)cc(Oc4cccc(Cl)c4)cn23)cc1C. The third kappa shape index (κ3) is 5.99. The first kappa shape index (κ1) is 25.6. The molecule has 36 heavy (non-hydrogen) atoms. The molecule has 2 aromatic heterocycles. The molecule has 0 radical (unpaired) electrons. The fourth-order valence-electron chi connectivity index (χ4n) is 3.96. The molecule has 0 saturated carbocycles. The number of aromatic nitrogens is 2. The molecule has 0 saturated heterocycles. The van der Waals surface area contributed by atoms with E-state index >= 15 is 0 Å². The molecule has 188 valence electrons. The van der Waals surface area contributed by atoms with E-state index in [2.05, 4.69) is 10.3 Å². The van der Waals surface area contributed by atoms with E-state index in [4.69, 9.17) is 16.3 Å². The molecule has 4 aromatic rings. The van der Waals surface area contributed by atoms with Crippen LogP contribution in [0.4, 0.5) is 18.9 Å². The Hall–Kier alpha value is -3.52. The zero-order valence-corrected chi connectivity index (χ0v) is 20.6. The van der Waals surface area contributed by atoms with Crippen LogP contribution < -0.4 is 10.1 Å². The average Bonchev–Trinajstić information content (AvgIpc) is 3.22. The van der Waals surface area contributed by atoms with Gasteiger partial charge in [-0.3, -0.25) is 9.20 Å². The van der Waals surface area contributed by atoms with Crippen LogP contribution in [0.25, 0.3) is 16.9 Å². The predicted octanol–water partition coefficient (Wildman–Crippen LogP) is 8.10.